The molecule has 1 amide bonds. The number of nitrogens with one attached hydrogen (secondary N) is 1. The van der Waals surface area contributed by atoms with Crippen molar-refractivity contribution in [2.75, 3.05) is 5.32 Å². The fourth-order valence-corrected chi connectivity index (χ4v) is 3.17. The highest BCUT2D eigenvalue weighted by Crippen LogP contribution is 2.38. The Morgan fingerprint density at radius 1 is 0.939 bits per heavy atom. The van der Waals surface area contributed by atoms with E-state index in [0.29, 0.717) is 11.3 Å². The molecular weight excluding hydrogens is 457 g/mol. The van der Waals surface area contributed by atoms with Crippen LogP contribution in [0.4, 0.5) is 36.4 Å². The van der Waals surface area contributed by atoms with E-state index in [1.807, 2.05) is 19.1 Å². The summed E-state index contributed by atoms with van der Waals surface area (Å²) in [7, 11) is 0. The van der Waals surface area contributed by atoms with Crippen LogP contribution in [0.3, 0.4) is 0 Å². The second-order valence-corrected chi connectivity index (χ2v) is 6.95. The molecule has 0 bridgehead atoms. The van der Waals surface area contributed by atoms with E-state index in [-0.39, 0.29) is 11.2 Å². The second kappa shape index (κ2) is 7.87. The van der Waals surface area contributed by atoms with Crippen molar-refractivity contribution in [3.8, 4) is 11.3 Å². The van der Waals surface area contributed by atoms with Gasteiger partial charge in [0.2, 0.25) is 0 Å². The highest BCUT2D eigenvalue weighted by Gasteiger charge is 2.42. The molecule has 0 spiro atoms. The first-order valence-corrected chi connectivity index (χ1v) is 9.15. The van der Waals surface area contributed by atoms with Gasteiger partial charge in [-0.15, -0.1) is 0 Å². The zero-order chi connectivity index (χ0) is 24.1. The van der Waals surface area contributed by atoms with Crippen molar-refractivity contribution in [3.63, 3.8) is 0 Å². The minimum atomic E-state index is -5.70. The van der Waals surface area contributed by atoms with Gasteiger partial charge in [-0.1, -0.05) is 29.8 Å². The van der Waals surface area contributed by atoms with Gasteiger partial charge in [-0.2, -0.15) is 18.3 Å². The molecule has 2 heterocycles. The molecule has 2 aromatic heterocycles. The van der Waals surface area contributed by atoms with E-state index in [2.05, 4.69) is 10.1 Å². The third kappa shape index (κ3) is 3.77. The number of halogens is 7. The van der Waals surface area contributed by atoms with Crippen LogP contribution >= 0.6 is 0 Å². The third-order valence-electron chi connectivity index (χ3n) is 4.78. The molecule has 2 aromatic carbocycles. The molecule has 33 heavy (non-hydrogen) atoms. The van der Waals surface area contributed by atoms with Crippen molar-refractivity contribution in [3.05, 3.63) is 82.7 Å². The van der Waals surface area contributed by atoms with Crippen molar-refractivity contribution in [2.45, 2.75) is 13.1 Å². The lowest BCUT2D eigenvalue weighted by Crippen LogP contribution is -2.20. The van der Waals surface area contributed by atoms with Crippen molar-refractivity contribution in [1.29, 1.82) is 0 Å². The molecule has 170 valence electrons. The smallest absolute Gasteiger partial charge is 0.317 e. The molecule has 0 unspecified atom stereocenters. The van der Waals surface area contributed by atoms with E-state index in [1.165, 1.54) is 10.7 Å². The summed E-state index contributed by atoms with van der Waals surface area (Å²) in [6, 6.07) is 8.82. The van der Waals surface area contributed by atoms with E-state index in [1.54, 1.807) is 23.5 Å². The lowest BCUT2D eigenvalue weighted by molar-refractivity contribution is -0.143. The minimum absolute atomic E-state index is 0.0701. The van der Waals surface area contributed by atoms with E-state index in [0.717, 1.165) is 11.8 Å². The molecule has 1 N–H and O–H groups in total. The zero-order valence-corrected chi connectivity index (χ0v) is 16.4. The van der Waals surface area contributed by atoms with Crippen LogP contribution in [-0.4, -0.2) is 20.5 Å². The fraction of sp³-hybridized carbons (Fsp3) is 0.0952. The highest BCUT2D eigenvalue weighted by atomic mass is 19.4. The van der Waals surface area contributed by atoms with Crippen LogP contribution in [0.15, 0.2) is 42.7 Å². The first-order chi connectivity index (χ1) is 15.5. The molecule has 5 nitrogen and oxygen atoms in total. The molecule has 0 saturated heterocycles. The Kier molecular flexibility index (Phi) is 5.30. The third-order valence-corrected chi connectivity index (χ3v) is 4.78. The monoisotopic (exact) mass is 468 g/mol. The maximum absolute atomic E-state index is 14.1. The van der Waals surface area contributed by atoms with Gasteiger partial charge in [0.05, 0.1) is 11.9 Å². The Bertz CT molecular complexity index is 1370. The van der Waals surface area contributed by atoms with Crippen LogP contribution in [0.1, 0.15) is 21.5 Å². The lowest BCUT2D eigenvalue weighted by atomic mass is 10.1. The summed E-state index contributed by atoms with van der Waals surface area (Å²) in [5, 5.41) is 5.59. The van der Waals surface area contributed by atoms with Crippen LogP contribution in [0, 0.1) is 30.2 Å². The summed E-state index contributed by atoms with van der Waals surface area (Å²) in [6.45, 7) is 1.88. The fourth-order valence-electron chi connectivity index (χ4n) is 3.17. The molecule has 0 radical (unpaired) electrons. The van der Waals surface area contributed by atoms with Crippen LogP contribution in [0.2, 0.25) is 0 Å². The SMILES string of the molecule is Cc1ccc(-c2ccnc3c(C(=O)Nc4c(F)c(F)c(C(F)(F)F)c(F)c4F)cnn23)cc1. The van der Waals surface area contributed by atoms with E-state index >= 15 is 0 Å². The standard InChI is InChI=1S/C21H11F7N4O/c1-9-2-4-10(5-3-9)12-6-7-29-19-11(8-30-32(12)19)20(33)31-18-16(24)14(22)13(21(26,27)28)15(23)17(18)25/h2-8H,1H3,(H,31,33). The predicted octanol–water partition coefficient (Wildman–Crippen LogP) is 5.53. The topological polar surface area (TPSA) is 59.3 Å². The first kappa shape index (κ1) is 22.2. The minimum Gasteiger partial charge on any atom is -0.317 e. The number of carbonyl (C=O) groups excluding carboxylic acids is 1. The van der Waals surface area contributed by atoms with Crippen LogP contribution in [0.5, 0.6) is 0 Å². The average molecular weight is 468 g/mol. The Morgan fingerprint density at radius 2 is 1.55 bits per heavy atom. The summed E-state index contributed by atoms with van der Waals surface area (Å²) in [4.78, 5) is 16.6. The maximum Gasteiger partial charge on any atom is 0.422 e. The van der Waals surface area contributed by atoms with Gasteiger partial charge in [-0.05, 0) is 13.0 Å². The largest absolute Gasteiger partial charge is 0.422 e. The van der Waals surface area contributed by atoms with Crippen molar-refractivity contribution >= 4 is 17.2 Å². The summed E-state index contributed by atoms with van der Waals surface area (Å²) in [6.07, 6.45) is -3.37. The number of anilines is 1. The van der Waals surface area contributed by atoms with Crippen LogP contribution in [0.25, 0.3) is 16.9 Å². The molecule has 0 aliphatic carbocycles. The van der Waals surface area contributed by atoms with E-state index in [4.69, 9.17) is 0 Å². The number of amides is 1. The molecule has 12 heteroatoms. The average Bonchev–Trinajstić information content (AvgIpc) is 3.19. The van der Waals surface area contributed by atoms with Crippen LogP contribution < -0.4 is 5.32 Å². The number of hydrogen-bond acceptors (Lipinski definition) is 3. The Hall–Kier alpha value is -3.96. The lowest BCUT2D eigenvalue weighted by Gasteiger charge is -2.14. The number of alkyl halides is 3. The molecule has 0 fully saturated rings. The van der Waals surface area contributed by atoms with Gasteiger partial charge in [-0.25, -0.2) is 27.1 Å². The maximum atomic E-state index is 14.1. The second-order valence-electron chi connectivity index (χ2n) is 6.95. The molecular formula is C21H11F7N4O. The summed E-state index contributed by atoms with van der Waals surface area (Å²) in [5.74, 6) is -11.5. The summed E-state index contributed by atoms with van der Waals surface area (Å²) < 4.78 is 95.4. The number of aromatic nitrogens is 3. The number of benzene rings is 2. The number of aryl methyl sites for hydroxylation is 1. The van der Waals surface area contributed by atoms with Crippen LogP contribution in [-0.2, 0) is 6.18 Å². The predicted molar refractivity (Wildman–Crippen MR) is 102 cm³/mol. The number of rotatable bonds is 3. The number of hydrogen-bond donors (Lipinski definition) is 1. The number of carbonyl (C=O) groups is 1. The van der Waals surface area contributed by atoms with Gasteiger partial charge in [0.15, 0.2) is 28.9 Å². The molecule has 0 atom stereocenters. The van der Waals surface area contributed by atoms with Gasteiger partial charge >= 0.3 is 6.18 Å². The van der Waals surface area contributed by atoms with Gasteiger partial charge in [-0.3, -0.25) is 4.79 Å². The van der Waals surface area contributed by atoms with Gasteiger partial charge in [0, 0.05) is 11.8 Å². The van der Waals surface area contributed by atoms with Gasteiger partial charge in [0.1, 0.15) is 16.8 Å². The zero-order valence-electron chi connectivity index (χ0n) is 16.4. The Morgan fingerprint density at radius 3 is 2.12 bits per heavy atom. The Balaban J connectivity index is 1.76. The summed E-state index contributed by atoms with van der Waals surface area (Å²) in [5.41, 5.74) is -2.67. The number of nitrogens with zero attached hydrogens (tertiary/aromatic N) is 3. The normalized spacial score (nSPS) is 11.8. The molecule has 0 aliphatic heterocycles. The quantitative estimate of drug-likeness (QED) is 0.318. The van der Waals surface area contributed by atoms with E-state index < -0.39 is 46.6 Å². The number of fused-ring (bicyclic) bond motifs is 1. The van der Waals surface area contributed by atoms with Gasteiger partial charge < -0.3 is 5.32 Å². The van der Waals surface area contributed by atoms with Crippen molar-refractivity contribution < 1.29 is 35.5 Å². The highest BCUT2D eigenvalue weighted by molar-refractivity contribution is 6.08. The molecule has 4 aromatic rings. The van der Waals surface area contributed by atoms with Crippen molar-refractivity contribution in [2.24, 2.45) is 0 Å². The van der Waals surface area contributed by atoms with Crippen molar-refractivity contribution in [1.82, 2.24) is 14.6 Å². The first-order valence-electron chi connectivity index (χ1n) is 9.15. The van der Waals surface area contributed by atoms with E-state index in [9.17, 15) is 35.5 Å². The Labute approximate surface area is 180 Å². The van der Waals surface area contributed by atoms with Gasteiger partial charge in [0.25, 0.3) is 5.91 Å². The molecule has 0 aliphatic rings. The molecule has 0 saturated carbocycles. The molecule has 4 rings (SSSR count). The summed E-state index contributed by atoms with van der Waals surface area (Å²) >= 11 is 0.